The zero-order valence-corrected chi connectivity index (χ0v) is 26.0. The second-order valence-corrected chi connectivity index (χ2v) is 13.2. The third-order valence-electron chi connectivity index (χ3n) is 10.6. The van der Waals surface area contributed by atoms with Crippen LogP contribution in [0.1, 0.15) is 56.7 Å². The van der Waals surface area contributed by atoms with Gasteiger partial charge in [-0.15, -0.1) is 0 Å². The van der Waals surface area contributed by atoms with Crippen LogP contribution in [0.2, 0.25) is 0 Å². The van der Waals surface area contributed by atoms with Crippen LogP contribution in [0, 0.1) is 17.8 Å². The first-order valence-electron chi connectivity index (χ1n) is 16.6. The number of H-pyrrole nitrogens is 1. The van der Waals surface area contributed by atoms with Crippen molar-refractivity contribution in [2.75, 3.05) is 39.3 Å². The van der Waals surface area contributed by atoms with Gasteiger partial charge in [-0.1, -0.05) is 25.1 Å². The number of aromatic nitrogens is 3. The molecule has 0 spiro atoms. The Labute approximate surface area is 263 Å². The quantitative estimate of drug-likeness (QED) is 0.360. The second kappa shape index (κ2) is 12.0. The Hall–Kier alpha value is -4.15. The Morgan fingerprint density at radius 1 is 1.04 bits per heavy atom. The van der Waals surface area contributed by atoms with E-state index >= 15 is 0 Å². The first-order chi connectivity index (χ1) is 21.9. The van der Waals surface area contributed by atoms with Crippen LogP contribution in [-0.4, -0.2) is 92.1 Å². The molecule has 1 unspecified atom stereocenters. The number of hydrogen-bond donors (Lipinski definition) is 2. The summed E-state index contributed by atoms with van der Waals surface area (Å²) in [6.45, 7) is 5.89. The summed E-state index contributed by atoms with van der Waals surface area (Å²) in [6, 6.07) is 8.20. The van der Waals surface area contributed by atoms with E-state index in [9.17, 15) is 19.2 Å². The molecule has 1 aliphatic carbocycles. The molecule has 11 nitrogen and oxygen atoms in total. The van der Waals surface area contributed by atoms with E-state index in [-0.39, 0.29) is 36.0 Å². The van der Waals surface area contributed by atoms with Crippen molar-refractivity contribution >= 4 is 34.5 Å². The molecule has 4 aliphatic rings. The van der Waals surface area contributed by atoms with Gasteiger partial charge in [0.25, 0.3) is 0 Å². The maximum absolute atomic E-state index is 14.6. The number of rotatable bonds is 9. The number of aryl methyl sites for hydroxylation is 1. The lowest BCUT2D eigenvalue weighted by Gasteiger charge is -2.56. The van der Waals surface area contributed by atoms with Crippen molar-refractivity contribution in [3.8, 4) is 0 Å². The lowest BCUT2D eigenvalue weighted by Crippen LogP contribution is -2.66. The minimum Gasteiger partial charge on any atom is -0.356 e. The predicted molar refractivity (Wildman–Crippen MR) is 168 cm³/mol. The fourth-order valence-corrected chi connectivity index (χ4v) is 8.11. The fourth-order valence-electron chi connectivity index (χ4n) is 8.11. The van der Waals surface area contributed by atoms with Crippen LogP contribution in [0.5, 0.6) is 0 Å². The Morgan fingerprint density at radius 3 is 2.51 bits per heavy atom. The van der Waals surface area contributed by atoms with Gasteiger partial charge in [-0.3, -0.25) is 19.2 Å². The average Bonchev–Trinajstić information content (AvgIpc) is 3.65. The van der Waals surface area contributed by atoms with Gasteiger partial charge in [-0.25, -0.2) is 4.98 Å². The van der Waals surface area contributed by atoms with Gasteiger partial charge in [0.05, 0.1) is 17.8 Å². The lowest BCUT2D eigenvalue weighted by molar-refractivity contribution is -0.167. The molecule has 1 aromatic carbocycles. The summed E-state index contributed by atoms with van der Waals surface area (Å²) in [4.78, 5) is 68.2. The van der Waals surface area contributed by atoms with Crippen molar-refractivity contribution in [3.05, 3.63) is 54.2 Å². The highest BCUT2D eigenvalue weighted by Gasteiger charge is 2.59. The van der Waals surface area contributed by atoms with Crippen LogP contribution in [0.25, 0.3) is 10.9 Å². The third kappa shape index (κ3) is 5.29. The first kappa shape index (κ1) is 29.6. The number of fused-ring (bicyclic) bond motifs is 5. The Kier molecular flexibility index (Phi) is 7.87. The van der Waals surface area contributed by atoms with E-state index in [1.807, 2.05) is 37.6 Å². The number of nitrogens with zero attached hydrogens (tertiary/aromatic N) is 5. The highest BCUT2D eigenvalue weighted by molar-refractivity contribution is 5.93. The van der Waals surface area contributed by atoms with E-state index in [4.69, 9.17) is 0 Å². The average molecular weight is 614 g/mol. The SMILES string of the molecule is CC[C@]12c3[nH]c4ccccc4c3CCN1C(=O)C(CC(=O)NCCCn1ccnc1)C[C@@H]2C(=O)N1CCN(C(=O)C2CC2)CC1. The summed E-state index contributed by atoms with van der Waals surface area (Å²) in [5.74, 6) is -0.886. The summed E-state index contributed by atoms with van der Waals surface area (Å²) < 4.78 is 1.97. The molecule has 3 atom stereocenters. The Bertz CT molecular complexity index is 1590. The number of carbonyl (C=O) groups excluding carboxylic acids is 4. The standard InChI is InChI=1S/C34H43N7O4/c1-2-34-27(33(45)40-18-16-39(17-19-40)31(43)23-8-9-23)20-24(21-29(42)36-11-5-13-38-15-12-35-22-38)32(44)41(34)14-10-26-25-6-3-4-7-28(25)37-30(26)34/h3-4,6-7,12,15,22-24,27,37H,2,5,8-11,13-14,16-21H2,1H3,(H,36,42)/t24?,27-,34+/m1/s1. The minimum absolute atomic E-state index is 0.0186. The van der Waals surface area contributed by atoms with E-state index in [0.29, 0.717) is 58.5 Å². The van der Waals surface area contributed by atoms with E-state index in [1.54, 1.807) is 12.5 Å². The van der Waals surface area contributed by atoms with E-state index in [0.717, 1.165) is 42.4 Å². The van der Waals surface area contributed by atoms with Crippen molar-refractivity contribution in [2.45, 2.75) is 64.0 Å². The van der Waals surface area contributed by atoms with Crippen LogP contribution in [0.3, 0.4) is 0 Å². The molecule has 3 fully saturated rings. The molecule has 4 amide bonds. The van der Waals surface area contributed by atoms with Crippen LogP contribution in [0.4, 0.5) is 0 Å². The summed E-state index contributed by atoms with van der Waals surface area (Å²) >= 11 is 0. The maximum Gasteiger partial charge on any atom is 0.228 e. The molecule has 0 radical (unpaired) electrons. The van der Waals surface area contributed by atoms with Crippen molar-refractivity contribution in [2.24, 2.45) is 17.8 Å². The number of benzene rings is 1. The molecule has 2 aromatic heterocycles. The normalized spacial score (nSPS) is 24.8. The monoisotopic (exact) mass is 613 g/mol. The molecular weight excluding hydrogens is 570 g/mol. The highest BCUT2D eigenvalue weighted by atomic mass is 16.2. The molecule has 2 N–H and O–H groups in total. The summed E-state index contributed by atoms with van der Waals surface area (Å²) in [6.07, 6.45) is 9.73. The number of para-hydroxylation sites is 1. The van der Waals surface area contributed by atoms with E-state index in [2.05, 4.69) is 34.3 Å². The predicted octanol–water partition coefficient (Wildman–Crippen LogP) is 2.67. The molecule has 0 bridgehead atoms. The largest absolute Gasteiger partial charge is 0.356 e. The number of nitrogens with one attached hydrogen (secondary N) is 2. The Balaban J connectivity index is 1.14. The lowest BCUT2D eigenvalue weighted by atomic mass is 9.65. The zero-order valence-electron chi connectivity index (χ0n) is 26.0. The number of piperidine rings is 1. The molecule has 3 aromatic rings. The zero-order chi connectivity index (χ0) is 31.1. The molecule has 238 valence electrons. The number of imidazole rings is 1. The first-order valence-corrected chi connectivity index (χ1v) is 16.6. The van der Waals surface area contributed by atoms with Crippen molar-refractivity contribution in [1.29, 1.82) is 0 Å². The molecule has 2 saturated heterocycles. The number of hydrogen-bond acceptors (Lipinski definition) is 5. The van der Waals surface area contributed by atoms with Gasteiger partial charge in [0.2, 0.25) is 23.6 Å². The van der Waals surface area contributed by atoms with Crippen LogP contribution in [0.15, 0.2) is 43.0 Å². The molecule has 7 rings (SSSR count). The smallest absolute Gasteiger partial charge is 0.228 e. The van der Waals surface area contributed by atoms with Crippen molar-refractivity contribution in [1.82, 2.24) is 34.6 Å². The summed E-state index contributed by atoms with van der Waals surface area (Å²) in [5, 5.41) is 4.14. The molecular formula is C34H43N7O4. The molecule has 11 heteroatoms. The second-order valence-electron chi connectivity index (χ2n) is 13.2. The maximum atomic E-state index is 14.6. The van der Waals surface area contributed by atoms with Gasteiger partial charge in [-0.2, -0.15) is 0 Å². The van der Waals surface area contributed by atoms with Gasteiger partial charge in [-0.05, 0) is 50.2 Å². The molecule has 45 heavy (non-hydrogen) atoms. The van der Waals surface area contributed by atoms with E-state index < -0.39 is 17.4 Å². The van der Waals surface area contributed by atoms with Crippen LogP contribution < -0.4 is 5.32 Å². The van der Waals surface area contributed by atoms with Crippen molar-refractivity contribution < 1.29 is 19.2 Å². The summed E-state index contributed by atoms with van der Waals surface area (Å²) in [7, 11) is 0. The van der Waals surface area contributed by atoms with Gasteiger partial charge in [0.15, 0.2) is 0 Å². The van der Waals surface area contributed by atoms with Gasteiger partial charge in [0.1, 0.15) is 0 Å². The minimum atomic E-state index is -0.820. The van der Waals surface area contributed by atoms with Crippen LogP contribution in [-0.2, 0) is 37.7 Å². The number of carbonyl (C=O) groups is 4. The molecule has 3 aliphatic heterocycles. The third-order valence-corrected chi connectivity index (χ3v) is 10.6. The molecule has 1 saturated carbocycles. The van der Waals surface area contributed by atoms with Gasteiger partial charge < -0.3 is 29.6 Å². The van der Waals surface area contributed by atoms with Gasteiger partial charge >= 0.3 is 0 Å². The number of aromatic amines is 1. The Morgan fingerprint density at radius 2 is 1.80 bits per heavy atom. The van der Waals surface area contributed by atoms with Crippen molar-refractivity contribution in [3.63, 3.8) is 0 Å². The topological polar surface area (TPSA) is 124 Å². The highest BCUT2D eigenvalue weighted by Crippen LogP contribution is 2.52. The fraction of sp³-hybridized carbons (Fsp3) is 0.559. The molecule has 5 heterocycles. The van der Waals surface area contributed by atoms with E-state index in [1.165, 1.54) is 5.56 Å². The van der Waals surface area contributed by atoms with Gasteiger partial charge in [0, 0.05) is 93.1 Å². The number of piperazine rings is 1. The summed E-state index contributed by atoms with van der Waals surface area (Å²) in [5.41, 5.74) is 2.34. The number of amides is 4. The van der Waals surface area contributed by atoms with Crippen LogP contribution >= 0.6 is 0 Å².